The molecule has 2 atom stereocenters. The average Bonchev–Trinajstić information content (AvgIpc) is 2.37. The van der Waals surface area contributed by atoms with E-state index in [0.29, 0.717) is 5.92 Å². The second kappa shape index (κ2) is 4.01. The van der Waals surface area contributed by atoms with Crippen LogP contribution in [0.4, 0.5) is 0 Å². The lowest BCUT2D eigenvalue weighted by molar-refractivity contribution is -0.113. The smallest absolute Gasteiger partial charge is 0.137 e. The van der Waals surface area contributed by atoms with Crippen LogP contribution in [0.1, 0.15) is 6.42 Å². The van der Waals surface area contributed by atoms with Crippen LogP contribution in [-0.2, 0) is 4.79 Å². The predicted octanol–water partition coefficient (Wildman–Crippen LogP) is 0.0672. The van der Waals surface area contributed by atoms with Crippen molar-refractivity contribution in [3.63, 3.8) is 0 Å². The predicted molar refractivity (Wildman–Crippen MR) is 49.1 cm³/mol. The number of likely N-dealkylation sites (N-methyl/N-ethyl adjacent to an activating group) is 1. The molecule has 0 spiro atoms. The standard InChI is InChI=1S/C9H18N2O/c1-10(2)9(7-12)8-4-5-11(3)6-8/h7-9H,4-6H2,1-3H3. The molecular weight excluding hydrogens is 152 g/mol. The summed E-state index contributed by atoms with van der Waals surface area (Å²) in [4.78, 5) is 15.1. The SMILES string of the molecule is CN1CCC(C(C=O)N(C)C)C1. The van der Waals surface area contributed by atoms with Crippen LogP contribution in [0.25, 0.3) is 0 Å². The molecule has 12 heavy (non-hydrogen) atoms. The molecule has 1 rings (SSSR count). The number of hydrogen-bond donors (Lipinski definition) is 0. The molecule has 1 aliphatic rings. The van der Waals surface area contributed by atoms with Gasteiger partial charge in [-0.1, -0.05) is 0 Å². The highest BCUT2D eigenvalue weighted by Crippen LogP contribution is 2.19. The fraction of sp³-hybridized carbons (Fsp3) is 0.889. The first-order valence-electron chi connectivity index (χ1n) is 4.45. The molecule has 1 fully saturated rings. The van der Waals surface area contributed by atoms with E-state index in [1.54, 1.807) is 0 Å². The number of aldehydes is 1. The van der Waals surface area contributed by atoms with Gasteiger partial charge in [0.2, 0.25) is 0 Å². The Hall–Kier alpha value is -0.410. The molecule has 3 heteroatoms. The molecule has 0 amide bonds. The minimum absolute atomic E-state index is 0.106. The molecular formula is C9H18N2O. The van der Waals surface area contributed by atoms with Crippen LogP contribution >= 0.6 is 0 Å². The largest absolute Gasteiger partial charge is 0.306 e. The van der Waals surface area contributed by atoms with Crippen molar-refractivity contribution in [2.75, 3.05) is 34.2 Å². The molecule has 2 unspecified atom stereocenters. The van der Waals surface area contributed by atoms with E-state index < -0.39 is 0 Å². The van der Waals surface area contributed by atoms with Crippen molar-refractivity contribution < 1.29 is 4.79 Å². The Balaban J connectivity index is 2.49. The Bertz CT molecular complexity index is 159. The zero-order valence-electron chi connectivity index (χ0n) is 8.16. The molecule has 0 aromatic carbocycles. The van der Waals surface area contributed by atoms with Crippen molar-refractivity contribution in [2.24, 2.45) is 5.92 Å². The Morgan fingerprint density at radius 3 is 2.58 bits per heavy atom. The zero-order valence-corrected chi connectivity index (χ0v) is 8.16. The molecule has 1 aliphatic heterocycles. The van der Waals surface area contributed by atoms with Crippen LogP contribution in [0.2, 0.25) is 0 Å². The van der Waals surface area contributed by atoms with Gasteiger partial charge in [-0.05, 0) is 40.0 Å². The second-order valence-corrected chi connectivity index (χ2v) is 3.90. The van der Waals surface area contributed by atoms with Crippen LogP contribution in [0, 0.1) is 5.92 Å². The fourth-order valence-electron chi connectivity index (χ4n) is 1.90. The Kier molecular flexibility index (Phi) is 3.23. The summed E-state index contributed by atoms with van der Waals surface area (Å²) in [5.74, 6) is 0.530. The van der Waals surface area contributed by atoms with Crippen molar-refractivity contribution >= 4 is 6.29 Å². The third kappa shape index (κ3) is 2.05. The quantitative estimate of drug-likeness (QED) is 0.560. The lowest BCUT2D eigenvalue weighted by Gasteiger charge is -2.24. The molecule has 1 heterocycles. The van der Waals surface area contributed by atoms with Gasteiger partial charge in [0.05, 0.1) is 6.04 Å². The van der Waals surface area contributed by atoms with Gasteiger partial charge in [-0.15, -0.1) is 0 Å². The summed E-state index contributed by atoms with van der Waals surface area (Å²) >= 11 is 0. The Labute approximate surface area is 74.3 Å². The third-order valence-electron chi connectivity index (χ3n) is 2.65. The maximum Gasteiger partial charge on any atom is 0.137 e. The number of nitrogens with zero attached hydrogens (tertiary/aromatic N) is 2. The van der Waals surface area contributed by atoms with Crippen molar-refractivity contribution in [1.82, 2.24) is 9.80 Å². The van der Waals surface area contributed by atoms with Gasteiger partial charge in [-0.25, -0.2) is 0 Å². The van der Waals surface area contributed by atoms with Gasteiger partial charge in [0.25, 0.3) is 0 Å². The summed E-state index contributed by atoms with van der Waals surface area (Å²) in [5.41, 5.74) is 0. The van der Waals surface area contributed by atoms with E-state index >= 15 is 0 Å². The first-order valence-corrected chi connectivity index (χ1v) is 4.45. The Morgan fingerprint density at radius 2 is 2.25 bits per heavy atom. The minimum atomic E-state index is 0.106. The van der Waals surface area contributed by atoms with Crippen LogP contribution in [-0.4, -0.2) is 56.4 Å². The second-order valence-electron chi connectivity index (χ2n) is 3.90. The summed E-state index contributed by atoms with van der Waals surface area (Å²) in [7, 11) is 6.05. The number of hydrogen-bond acceptors (Lipinski definition) is 3. The molecule has 0 bridgehead atoms. The number of likely N-dealkylation sites (tertiary alicyclic amines) is 1. The summed E-state index contributed by atoms with van der Waals surface area (Å²) in [6, 6.07) is 0.106. The number of carbonyl (C=O) groups is 1. The van der Waals surface area contributed by atoms with E-state index in [9.17, 15) is 4.79 Å². The van der Waals surface area contributed by atoms with E-state index in [4.69, 9.17) is 0 Å². The first kappa shape index (κ1) is 9.68. The average molecular weight is 170 g/mol. The lowest BCUT2D eigenvalue weighted by Crippen LogP contribution is -2.37. The van der Waals surface area contributed by atoms with Crippen LogP contribution in [0.15, 0.2) is 0 Å². The maximum atomic E-state index is 10.8. The number of carbonyl (C=O) groups excluding carboxylic acids is 1. The van der Waals surface area contributed by atoms with Crippen molar-refractivity contribution in [2.45, 2.75) is 12.5 Å². The fourth-order valence-corrected chi connectivity index (χ4v) is 1.90. The first-order chi connectivity index (χ1) is 5.65. The molecule has 1 saturated heterocycles. The van der Waals surface area contributed by atoms with Gasteiger partial charge in [-0.2, -0.15) is 0 Å². The lowest BCUT2D eigenvalue weighted by atomic mass is 9.99. The van der Waals surface area contributed by atoms with Gasteiger partial charge in [0.1, 0.15) is 6.29 Å². The van der Waals surface area contributed by atoms with E-state index in [1.165, 1.54) is 0 Å². The topological polar surface area (TPSA) is 23.6 Å². The summed E-state index contributed by atoms with van der Waals surface area (Å²) < 4.78 is 0. The third-order valence-corrected chi connectivity index (χ3v) is 2.65. The van der Waals surface area contributed by atoms with Crippen molar-refractivity contribution in [1.29, 1.82) is 0 Å². The molecule has 0 radical (unpaired) electrons. The summed E-state index contributed by atoms with van der Waals surface area (Å²) in [6.07, 6.45) is 2.22. The molecule has 0 aromatic heterocycles. The van der Waals surface area contributed by atoms with Crippen molar-refractivity contribution in [3.8, 4) is 0 Å². The van der Waals surface area contributed by atoms with E-state index in [-0.39, 0.29) is 6.04 Å². The van der Waals surface area contributed by atoms with Gasteiger partial charge >= 0.3 is 0 Å². The molecule has 0 N–H and O–H groups in total. The van der Waals surface area contributed by atoms with Gasteiger partial charge in [-0.3, -0.25) is 4.90 Å². The molecule has 0 aliphatic carbocycles. The van der Waals surface area contributed by atoms with Crippen LogP contribution in [0.5, 0.6) is 0 Å². The molecule has 0 saturated carbocycles. The van der Waals surface area contributed by atoms with Crippen LogP contribution in [0.3, 0.4) is 0 Å². The Morgan fingerprint density at radius 1 is 1.58 bits per heavy atom. The highest BCUT2D eigenvalue weighted by molar-refractivity contribution is 5.58. The summed E-state index contributed by atoms with van der Waals surface area (Å²) in [6.45, 7) is 2.18. The molecule has 70 valence electrons. The number of rotatable bonds is 3. The normalized spacial score (nSPS) is 27.8. The van der Waals surface area contributed by atoms with E-state index in [0.717, 1.165) is 25.8 Å². The van der Waals surface area contributed by atoms with Crippen molar-refractivity contribution in [3.05, 3.63) is 0 Å². The highest BCUT2D eigenvalue weighted by Gasteiger charge is 2.28. The summed E-state index contributed by atoms with van der Waals surface area (Å²) in [5, 5.41) is 0. The van der Waals surface area contributed by atoms with E-state index in [2.05, 4.69) is 11.9 Å². The van der Waals surface area contributed by atoms with Gasteiger partial charge in [0, 0.05) is 6.54 Å². The van der Waals surface area contributed by atoms with Gasteiger partial charge in [0.15, 0.2) is 0 Å². The monoisotopic (exact) mass is 170 g/mol. The molecule has 0 aromatic rings. The van der Waals surface area contributed by atoms with Gasteiger partial charge < -0.3 is 9.69 Å². The molecule has 3 nitrogen and oxygen atoms in total. The van der Waals surface area contributed by atoms with E-state index in [1.807, 2.05) is 19.0 Å². The minimum Gasteiger partial charge on any atom is -0.306 e. The van der Waals surface area contributed by atoms with Crippen LogP contribution < -0.4 is 0 Å². The highest BCUT2D eigenvalue weighted by atomic mass is 16.1. The maximum absolute atomic E-state index is 10.8. The zero-order chi connectivity index (χ0) is 9.14.